The van der Waals surface area contributed by atoms with Gasteiger partial charge in [0.1, 0.15) is 5.02 Å². The molecule has 0 aliphatic carbocycles. The van der Waals surface area contributed by atoms with E-state index >= 15 is 0 Å². The van der Waals surface area contributed by atoms with E-state index in [-0.39, 0.29) is 16.5 Å². The molecule has 1 saturated heterocycles. The van der Waals surface area contributed by atoms with Crippen LogP contribution >= 0.6 is 11.6 Å². The minimum absolute atomic E-state index is 0.124. The molecular weight excluding hydrogens is 354 g/mol. The molecule has 1 N–H and O–H groups in total. The normalized spacial score (nSPS) is 15.1. The van der Waals surface area contributed by atoms with Gasteiger partial charge in [-0.1, -0.05) is 29.8 Å². The topological polar surface area (TPSA) is 62.9 Å². The Bertz CT molecular complexity index is 829. The first-order valence-electron chi connectivity index (χ1n) is 8.59. The highest BCUT2D eigenvalue weighted by molar-refractivity contribution is 6.33. The quantitative estimate of drug-likeness (QED) is 0.794. The summed E-state index contributed by atoms with van der Waals surface area (Å²) in [6.45, 7) is 3.58. The van der Waals surface area contributed by atoms with Gasteiger partial charge < -0.3 is 14.7 Å². The lowest BCUT2D eigenvalue weighted by Crippen LogP contribution is -3.15. The van der Waals surface area contributed by atoms with Crippen molar-refractivity contribution in [3.8, 4) is 5.69 Å². The van der Waals surface area contributed by atoms with Crippen molar-refractivity contribution >= 4 is 23.2 Å². The summed E-state index contributed by atoms with van der Waals surface area (Å²) in [5, 5.41) is 4.46. The zero-order valence-electron chi connectivity index (χ0n) is 15.0. The summed E-state index contributed by atoms with van der Waals surface area (Å²) in [5.74, 6) is 0.124. The van der Waals surface area contributed by atoms with E-state index < -0.39 is 0 Å². The summed E-state index contributed by atoms with van der Waals surface area (Å²) < 4.78 is 1.31. The zero-order valence-corrected chi connectivity index (χ0v) is 15.7. The Kier molecular flexibility index (Phi) is 5.58. The molecule has 8 heteroatoms. The largest absolute Gasteiger partial charge is 0.358 e. The number of nitrogens with one attached hydrogen (secondary N) is 1. The Balaban J connectivity index is 1.73. The molecule has 1 amide bonds. The van der Waals surface area contributed by atoms with Crippen molar-refractivity contribution in [2.75, 3.05) is 51.7 Å². The third kappa shape index (κ3) is 3.89. The first-order valence-corrected chi connectivity index (χ1v) is 8.97. The van der Waals surface area contributed by atoms with Crippen LogP contribution in [0.2, 0.25) is 5.02 Å². The number of carbonyl (C=O) groups is 1. The Morgan fingerprint density at radius 1 is 1.23 bits per heavy atom. The fraction of sp³-hybridized carbons (Fsp3) is 0.389. The number of hydrogen-bond acceptors (Lipinski definition) is 4. The highest BCUT2D eigenvalue weighted by Gasteiger charge is 2.25. The minimum Gasteiger partial charge on any atom is -0.358 e. The van der Waals surface area contributed by atoms with Crippen molar-refractivity contribution in [1.82, 2.24) is 14.7 Å². The molecular formula is C18H23ClN5O2+. The Morgan fingerprint density at radius 3 is 2.50 bits per heavy atom. The van der Waals surface area contributed by atoms with Gasteiger partial charge in [-0.05, 0) is 12.1 Å². The second-order valence-corrected chi connectivity index (χ2v) is 6.98. The maximum atomic E-state index is 12.6. The number of anilines is 1. The highest BCUT2D eigenvalue weighted by Crippen LogP contribution is 2.21. The zero-order chi connectivity index (χ0) is 18.7. The average molecular weight is 377 g/mol. The number of aromatic nitrogens is 2. The van der Waals surface area contributed by atoms with E-state index in [2.05, 4.69) is 10.00 Å². The number of nitrogens with zero attached hydrogens (tertiary/aromatic N) is 4. The van der Waals surface area contributed by atoms with Crippen molar-refractivity contribution in [2.45, 2.75) is 0 Å². The smallest absolute Gasteiger partial charge is 0.292 e. The van der Waals surface area contributed by atoms with Crippen LogP contribution in [0, 0.1) is 0 Å². The summed E-state index contributed by atoms with van der Waals surface area (Å²) in [4.78, 5) is 29.4. The van der Waals surface area contributed by atoms with Gasteiger partial charge >= 0.3 is 0 Å². The van der Waals surface area contributed by atoms with Crippen LogP contribution in [-0.2, 0) is 4.79 Å². The maximum absolute atomic E-state index is 12.6. The minimum atomic E-state index is -0.326. The number of benzene rings is 1. The van der Waals surface area contributed by atoms with E-state index in [1.54, 1.807) is 25.2 Å². The fourth-order valence-electron chi connectivity index (χ4n) is 3.01. The average Bonchev–Trinajstić information content (AvgIpc) is 2.65. The predicted molar refractivity (Wildman–Crippen MR) is 101 cm³/mol. The van der Waals surface area contributed by atoms with Crippen LogP contribution in [-0.4, -0.2) is 67.4 Å². The van der Waals surface area contributed by atoms with E-state index in [1.807, 2.05) is 30.3 Å². The summed E-state index contributed by atoms with van der Waals surface area (Å²) in [5.41, 5.74) is 1.01. The Labute approximate surface area is 157 Å². The predicted octanol–water partition coefficient (Wildman–Crippen LogP) is -0.321. The monoisotopic (exact) mass is 376 g/mol. The standard InChI is InChI=1S/C18H22ClN5O2/c1-21(2)16(25)13-22-8-10-23(11-9-22)15-12-20-24(18(26)17(15)19)14-6-4-3-5-7-14/h3-7,12H,8-11,13H2,1-2H3/p+1. The molecule has 26 heavy (non-hydrogen) atoms. The van der Waals surface area contributed by atoms with E-state index in [9.17, 15) is 9.59 Å². The van der Waals surface area contributed by atoms with Crippen molar-refractivity contribution in [2.24, 2.45) is 0 Å². The van der Waals surface area contributed by atoms with Crippen LogP contribution in [0.1, 0.15) is 0 Å². The van der Waals surface area contributed by atoms with Gasteiger partial charge in [0.2, 0.25) is 0 Å². The summed E-state index contributed by atoms with van der Waals surface area (Å²) in [6, 6.07) is 9.21. The van der Waals surface area contributed by atoms with Crippen LogP contribution in [0.3, 0.4) is 0 Å². The lowest BCUT2D eigenvalue weighted by molar-refractivity contribution is -0.892. The maximum Gasteiger partial charge on any atom is 0.292 e. The van der Waals surface area contributed by atoms with E-state index in [0.29, 0.717) is 17.9 Å². The summed E-state index contributed by atoms with van der Waals surface area (Å²) in [7, 11) is 3.54. The molecule has 1 fully saturated rings. The summed E-state index contributed by atoms with van der Waals surface area (Å²) >= 11 is 6.36. The molecule has 0 unspecified atom stereocenters. The molecule has 0 saturated carbocycles. The summed E-state index contributed by atoms with van der Waals surface area (Å²) in [6.07, 6.45) is 1.65. The molecule has 0 bridgehead atoms. The number of carbonyl (C=O) groups excluding carboxylic acids is 1. The molecule has 0 atom stereocenters. The lowest BCUT2D eigenvalue weighted by Gasteiger charge is -2.33. The molecule has 7 nitrogen and oxygen atoms in total. The number of rotatable bonds is 4. The van der Waals surface area contributed by atoms with Gasteiger partial charge in [-0.3, -0.25) is 9.59 Å². The highest BCUT2D eigenvalue weighted by atomic mass is 35.5. The lowest BCUT2D eigenvalue weighted by atomic mass is 10.2. The molecule has 0 radical (unpaired) electrons. The van der Waals surface area contributed by atoms with Gasteiger partial charge in [0.25, 0.3) is 11.5 Å². The molecule has 0 spiro atoms. The molecule has 1 aliphatic heterocycles. The molecule has 138 valence electrons. The third-order valence-electron chi connectivity index (χ3n) is 4.61. The van der Waals surface area contributed by atoms with Crippen LogP contribution in [0.5, 0.6) is 0 Å². The van der Waals surface area contributed by atoms with Crippen molar-refractivity contribution < 1.29 is 9.69 Å². The Morgan fingerprint density at radius 2 is 1.88 bits per heavy atom. The number of piperazine rings is 1. The van der Waals surface area contributed by atoms with Gasteiger partial charge in [-0.25, -0.2) is 0 Å². The van der Waals surface area contributed by atoms with Crippen LogP contribution in [0.15, 0.2) is 41.3 Å². The van der Waals surface area contributed by atoms with Crippen LogP contribution < -0.4 is 15.4 Å². The first kappa shape index (κ1) is 18.4. The van der Waals surface area contributed by atoms with Gasteiger partial charge in [-0.2, -0.15) is 9.78 Å². The fourth-order valence-corrected chi connectivity index (χ4v) is 3.26. The van der Waals surface area contributed by atoms with Crippen molar-refractivity contribution in [3.05, 3.63) is 51.9 Å². The molecule has 3 rings (SSSR count). The van der Waals surface area contributed by atoms with Crippen LogP contribution in [0.4, 0.5) is 5.69 Å². The number of quaternary nitrogens is 1. The van der Waals surface area contributed by atoms with Crippen molar-refractivity contribution in [3.63, 3.8) is 0 Å². The number of para-hydroxylation sites is 1. The Hall–Kier alpha value is -2.38. The molecule has 2 aromatic rings. The second-order valence-electron chi connectivity index (χ2n) is 6.60. The number of halogens is 1. The number of likely N-dealkylation sites (N-methyl/N-ethyl adjacent to an activating group) is 1. The number of amides is 1. The van der Waals surface area contributed by atoms with E-state index in [0.717, 1.165) is 26.2 Å². The van der Waals surface area contributed by atoms with E-state index in [1.165, 1.54) is 9.58 Å². The second kappa shape index (κ2) is 7.88. The SMILES string of the molecule is CN(C)C(=O)C[NH+]1CCN(c2cnn(-c3ccccc3)c(=O)c2Cl)CC1. The van der Waals surface area contributed by atoms with E-state index in [4.69, 9.17) is 11.6 Å². The van der Waals surface area contributed by atoms with Gasteiger partial charge in [0, 0.05) is 14.1 Å². The number of hydrogen-bond donors (Lipinski definition) is 1. The molecule has 2 heterocycles. The first-order chi connectivity index (χ1) is 12.5. The molecule has 1 aliphatic rings. The third-order valence-corrected chi connectivity index (χ3v) is 4.97. The van der Waals surface area contributed by atoms with Gasteiger partial charge in [0.15, 0.2) is 6.54 Å². The van der Waals surface area contributed by atoms with Gasteiger partial charge in [-0.15, -0.1) is 0 Å². The molecule has 1 aromatic carbocycles. The van der Waals surface area contributed by atoms with Crippen LogP contribution in [0.25, 0.3) is 5.69 Å². The van der Waals surface area contributed by atoms with Gasteiger partial charge in [0.05, 0.1) is 43.8 Å². The molecule has 1 aromatic heterocycles. The van der Waals surface area contributed by atoms with Crippen molar-refractivity contribution in [1.29, 1.82) is 0 Å².